The summed E-state index contributed by atoms with van der Waals surface area (Å²) in [5.41, 5.74) is -1.84. The molecule has 4 saturated carbocycles. The molecule has 3 N–H and O–H groups in total. The van der Waals surface area contributed by atoms with Gasteiger partial charge in [-0.1, -0.05) is 27.4 Å². The molecule has 0 radical (unpaired) electrons. The quantitative estimate of drug-likeness (QED) is 0.463. The monoisotopic (exact) mass is 392 g/mol. The van der Waals surface area contributed by atoms with Crippen LogP contribution in [0.1, 0.15) is 53.4 Å². The fourth-order valence-corrected chi connectivity index (χ4v) is 7.87. The Morgan fingerprint density at radius 3 is 2.39 bits per heavy atom. The third kappa shape index (κ3) is 2.14. The van der Waals surface area contributed by atoms with E-state index in [1.807, 2.05) is 13.8 Å². The van der Waals surface area contributed by atoms with E-state index in [2.05, 4.69) is 13.5 Å². The van der Waals surface area contributed by atoms with Crippen molar-refractivity contribution in [3.63, 3.8) is 0 Å². The standard InChI is InChI=1S/C22H32O6/c1-10-12-6-7-14-21(5)9-13(24)19(28-11(2)23)20(3,4)15(21)8-16(25)22(14,17(10)26)18(12)27/h12-16,18-19,24-25,27H,1,6-9H2,2-5H3/t12-,13-,14-,15+,16+,18+,19-,21-,22-/m0/s1. The molecule has 4 aliphatic carbocycles. The van der Waals surface area contributed by atoms with Gasteiger partial charge in [-0.05, 0) is 48.5 Å². The molecule has 0 saturated heterocycles. The van der Waals surface area contributed by atoms with Crippen LogP contribution in [-0.2, 0) is 14.3 Å². The molecule has 1 spiro atoms. The molecule has 4 aliphatic rings. The first-order valence-electron chi connectivity index (χ1n) is 10.3. The Balaban J connectivity index is 1.82. The van der Waals surface area contributed by atoms with Gasteiger partial charge in [-0.3, -0.25) is 9.59 Å². The minimum absolute atomic E-state index is 0.0659. The van der Waals surface area contributed by atoms with Crippen molar-refractivity contribution >= 4 is 11.8 Å². The highest BCUT2D eigenvalue weighted by Gasteiger charge is 2.75. The molecule has 0 aromatic heterocycles. The highest BCUT2D eigenvalue weighted by molar-refractivity contribution is 6.04. The number of ketones is 1. The van der Waals surface area contributed by atoms with Gasteiger partial charge in [0.1, 0.15) is 6.10 Å². The number of carbonyl (C=O) groups excluding carboxylic acids is 2. The number of rotatable bonds is 1. The van der Waals surface area contributed by atoms with Gasteiger partial charge in [0.2, 0.25) is 0 Å². The minimum atomic E-state index is -1.23. The summed E-state index contributed by atoms with van der Waals surface area (Å²) >= 11 is 0. The van der Waals surface area contributed by atoms with E-state index in [0.717, 1.165) is 0 Å². The van der Waals surface area contributed by atoms with Crippen molar-refractivity contribution in [2.45, 2.75) is 77.8 Å². The van der Waals surface area contributed by atoms with Crippen LogP contribution in [0.25, 0.3) is 0 Å². The normalized spacial score (nSPS) is 52.0. The first-order chi connectivity index (χ1) is 12.9. The molecule has 156 valence electrons. The molecule has 0 aromatic rings. The highest BCUT2D eigenvalue weighted by Crippen LogP contribution is 2.71. The van der Waals surface area contributed by atoms with E-state index in [1.54, 1.807) is 0 Å². The third-order valence-corrected chi connectivity index (χ3v) is 8.87. The predicted molar refractivity (Wildman–Crippen MR) is 101 cm³/mol. The average Bonchev–Trinajstić information content (AvgIpc) is 2.70. The summed E-state index contributed by atoms with van der Waals surface area (Å²) in [4.78, 5) is 24.9. The zero-order chi connectivity index (χ0) is 20.8. The third-order valence-electron chi connectivity index (χ3n) is 8.87. The van der Waals surface area contributed by atoms with Crippen LogP contribution in [0.3, 0.4) is 0 Å². The number of aliphatic hydroxyl groups is 3. The lowest BCUT2D eigenvalue weighted by molar-refractivity contribution is -0.261. The second-order valence-corrected chi connectivity index (χ2v) is 10.4. The van der Waals surface area contributed by atoms with Crippen molar-refractivity contribution < 1.29 is 29.6 Å². The predicted octanol–water partition coefficient (Wildman–Crippen LogP) is 1.61. The molecule has 6 heteroatoms. The van der Waals surface area contributed by atoms with E-state index >= 15 is 0 Å². The summed E-state index contributed by atoms with van der Waals surface area (Å²) in [6.45, 7) is 11.3. The Morgan fingerprint density at radius 2 is 1.79 bits per heavy atom. The van der Waals surface area contributed by atoms with Gasteiger partial charge in [-0.2, -0.15) is 0 Å². The zero-order valence-electron chi connectivity index (χ0n) is 17.1. The van der Waals surface area contributed by atoms with Gasteiger partial charge in [0, 0.05) is 18.3 Å². The summed E-state index contributed by atoms with van der Waals surface area (Å²) in [6, 6.07) is 0. The zero-order valence-corrected chi connectivity index (χ0v) is 17.1. The van der Waals surface area contributed by atoms with Crippen molar-refractivity contribution in [1.82, 2.24) is 0 Å². The lowest BCUT2D eigenvalue weighted by Crippen LogP contribution is -2.70. The fraction of sp³-hybridized carbons (Fsp3) is 0.818. The highest BCUT2D eigenvalue weighted by atomic mass is 16.6. The van der Waals surface area contributed by atoms with Crippen LogP contribution >= 0.6 is 0 Å². The van der Waals surface area contributed by atoms with E-state index in [4.69, 9.17) is 4.74 Å². The van der Waals surface area contributed by atoms with Crippen LogP contribution in [0.15, 0.2) is 12.2 Å². The molecular formula is C22H32O6. The van der Waals surface area contributed by atoms with Crippen LogP contribution in [0.5, 0.6) is 0 Å². The van der Waals surface area contributed by atoms with Crippen LogP contribution in [-0.4, -0.2) is 51.5 Å². The molecule has 4 fully saturated rings. The largest absolute Gasteiger partial charge is 0.459 e. The maximum absolute atomic E-state index is 13.3. The number of carbonyl (C=O) groups is 2. The van der Waals surface area contributed by atoms with Gasteiger partial charge in [0.05, 0.1) is 23.7 Å². The first kappa shape index (κ1) is 20.0. The summed E-state index contributed by atoms with van der Waals surface area (Å²) in [5.74, 6) is -1.24. The van der Waals surface area contributed by atoms with Crippen molar-refractivity contribution in [1.29, 1.82) is 0 Å². The molecule has 0 aliphatic heterocycles. The molecule has 9 atom stereocenters. The maximum atomic E-state index is 13.3. The Labute approximate surface area is 166 Å². The van der Waals surface area contributed by atoms with Crippen molar-refractivity contribution in [3.05, 3.63) is 12.2 Å². The summed E-state index contributed by atoms with van der Waals surface area (Å²) in [6.07, 6.45) is -1.36. The Morgan fingerprint density at radius 1 is 1.14 bits per heavy atom. The Hall–Kier alpha value is -1.24. The van der Waals surface area contributed by atoms with E-state index in [-0.39, 0.29) is 23.5 Å². The summed E-state index contributed by atoms with van der Waals surface area (Å²) in [7, 11) is 0. The second kappa shape index (κ2) is 5.89. The smallest absolute Gasteiger partial charge is 0.303 e. The van der Waals surface area contributed by atoms with Gasteiger partial charge in [0.25, 0.3) is 0 Å². The number of hydrogen-bond acceptors (Lipinski definition) is 6. The Bertz CT molecular complexity index is 743. The van der Waals surface area contributed by atoms with Crippen LogP contribution in [0.2, 0.25) is 0 Å². The van der Waals surface area contributed by atoms with E-state index in [1.165, 1.54) is 6.92 Å². The topological polar surface area (TPSA) is 104 Å². The molecule has 28 heavy (non-hydrogen) atoms. The number of fused-ring (bicyclic) bond motifs is 3. The Kier molecular flexibility index (Phi) is 4.22. The van der Waals surface area contributed by atoms with E-state index < -0.39 is 46.6 Å². The SMILES string of the molecule is C=C1C(=O)[C@@]23[C@H](O)C[C@@H]4C(C)(C)[C@@H](OC(C)=O)[C@@H](O)C[C@@]4(C)[C@@H]2CC[C@@H]1[C@H]3O. The molecule has 0 heterocycles. The van der Waals surface area contributed by atoms with Crippen molar-refractivity contribution in [2.24, 2.45) is 34.0 Å². The lowest BCUT2D eigenvalue weighted by atomic mass is 9.39. The van der Waals surface area contributed by atoms with Gasteiger partial charge >= 0.3 is 5.97 Å². The molecular weight excluding hydrogens is 360 g/mol. The number of aliphatic hydroxyl groups excluding tert-OH is 3. The van der Waals surface area contributed by atoms with Crippen molar-refractivity contribution in [3.8, 4) is 0 Å². The first-order valence-corrected chi connectivity index (χ1v) is 10.3. The van der Waals surface area contributed by atoms with Gasteiger partial charge in [-0.15, -0.1) is 0 Å². The molecule has 6 nitrogen and oxygen atoms in total. The summed E-state index contributed by atoms with van der Waals surface area (Å²) in [5, 5.41) is 33.3. The molecule has 0 unspecified atom stereocenters. The number of esters is 1. The van der Waals surface area contributed by atoms with Gasteiger partial charge in [-0.25, -0.2) is 0 Å². The van der Waals surface area contributed by atoms with Gasteiger partial charge < -0.3 is 20.1 Å². The lowest BCUT2D eigenvalue weighted by Gasteiger charge is -2.66. The minimum Gasteiger partial charge on any atom is -0.459 e. The van der Waals surface area contributed by atoms with Gasteiger partial charge in [0.15, 0.2) is 5.78 Å². The summed E-state index contributed by atoms with van der Waals surface area (Å²) < 4.78 is 5.50. The van der Waals surface area contributed by atoms with E-state index in [9.17, 15) is 24.9 Å². The van der Waals surface area contributed by atoms with Crippen LogP contribution in [0.4, 0.5) is 0 Å². The molecule has 4 rings (SSSR count). The molecule has 0 aromatic carbocycles. The molecule has 2 bridgehead atoms. The van der Waals surface area contributed by atoms with Crippen molar-refractivity contribution in [2.75, 3.05) is 0 Å². The van der Waals surface area contributed by atoms with Crippen LogP contribution < -0.4 is 0 Å². The average molecular weight is 392 g/mol. The van der Waals surface area contributed by atoms with Crippen LogP contribution in [0, 0.1) is 34.0 Å². The number of Topliss-reactive ketones (excluding diaryl/α,β-unsaturated/α-hetero) is 1. The second-order valence-electron chi connectivity index (χ2n) is 10.4. The maximum Gasteiger partial charge on any atom is 0.303 e. The fourth-order valence-electron chi connectivity index (χ4n) is 7.87. The molecule has 0 amide bonds. The number of ether oxygens (including phenoxy) is 1. The number of hydrogen-bond donors (Lipinski definition) is 3. The van der Waals surface area contributed by atoms with E-state index in [0.29, 0.717) is 31.3 Å².